The number of likely N-dealkylation sites (tertiary alicyclic amines) is 1. The van der Waals surface area contributed by atoms with E-state index in [1.54, 1.807) is 55.6 Å². The second-order valence-electron chi connectivity index (χ2n) is 13.9. The van der Waals surface area contributed by atoms with E-state index in [1.807, 2.05) is 26.8 Å². The SMILES string of the molecule is COc1ccc([C@@]23C(=O)N(Nc4ccc(Cl)cc4Cl)C(=O)[C@@H]2C[C@@H]2C(=CC[C@@H]4C(=O)N(C(C)(C)C)C(=O)[C@@H]42)[C@@H]3c2ccc(CO)o2)cc1. The van der Waals surface area contributed by atoms with Crippen molar-refractivity contribution in [2.75, 3.05) is 12.5 Å². The molecule has 0 unspecified atom stereocenters. The van der Waals surface area contributed by atoms with Crippen molar-refractivity contribution >= 4 is 52.5 Å². The summed E-state index contributed by atoms with van der Waals surface area (Å²) in [5.74, 6) is -4.00. The van der Waals surface area contributed by atoms with Crippen molar-refractivity contribution in [1.82, 2.24) is 9.91 Å². The number of furan rings is 1. The van der Waals surface area contributed by atoms with E-state index in [4.69, 9.17) is 32.4 Å². The minimum absolute atomic E-state index is 0.136. The second-order valence-corrected chi connectivity index (χ2v) is 14.7. The van der Waals surface area contributed by atoms with Crippen LogP contribution in [-0.4, -0.2) is 51.3 Å². The highest BCUT2D eigenvalue weighted by atomic mass is 35.5. The van der Waals surface area contributed by atoms with E-state index in [1.165, 1.54) is 11.0 Å². The number of imide groups is 2. The summed E-state index contributed by atoms with van der Waals surface area (Å²) in [6.07, 6.45) is 2.39. The number of hydrazine groups is 1. The first-order valence-corrected chi connectivity index (χ1v) is 16.6. The largest absolute Gasteiger partial charge is 0.497 e. The van der Waals surface area contributed by atoms with Gasteiger partial charge < -0.3 is 14.3 Å². The van der Waals surface area contributed by atoms with E-state index in [0.29, 0.717) is 34.2 Å². The van der Waals surface area contributed by atoms with Crippen LogP contribution in [0.25, 0.3) is 0 Å². The molecule has 1 saturated carbocycles. The van der Waals surface area contributed by atoms with Gasteiger partial charge in [0.05, 0.1) is 41.5 Å². The maximum absolute atomic E-state index is 15.2. The van der Waals surface area contributed by atoms with Gasteiger partial charge in [0.1, 0.15) is 29.3 Å². The molecule has 2 N–H and O–H groups in total. The number of hydrogen-bond acceptors (Lipinski definition) is 8. The first-order valence-electron chi connectivity index (χ1n) is 15.8. The second kappa shape index (κ2) is 11.5. The summed E-state index contributed by atoms with van der Waals surface area (Å²) in [6.45, 7) is 5.12. The zero-order valence-corrected chi connectivity index (χ0v) is 28.3. The fourth-order valence-corrected chi connectivity index (χ4v) is 8.90. The van der Waals surface area contributed by atoms with Gasteiger partial charge in [0.15, 0.2) is 0 Å². The van der Waals surface area contributed by atoms with E-state index in [0.717, 1.165) is 10.6 Å². The standard InChI is InChI=1S/C36H35Cl2N3O7/c1-35(2,3)40-31(43)23-12-11-22-24(29(23)33(40)45)16-25-32(44)41(39-27-13-7-19(37)15-26(27)38)34(46)36(25,18-5-8-20(47-4)9-6-18)30(22)28-14-10-21(17-42)48-28/h5-11,13-15,23-25,29-30,39,42H,12,16-17H2,1-4H3/t23-,24+,25-,29-,30+,36+/m0/s1. The highest BCUT2D eigenvalue weighted by molar-refractivity contribution is 6.36. The molecule has 2 aliphatic carbocycles. The Morgan fingerprint density at radius 1 is 0.979 bits per heavy atom. The molecule has 0 bridgehead atoms. The highest BCUT2D eigenvalue weighted by Crippen LogP contribution is 2.64. The van der Waals surface area contributed by atoms with Crippen LogP contribution in [0.2, 0.25) is 10.0 Å². The molecule has 4 aliphatic rings. The number of aliphatic hydroxyl groups is 1. The third-order valence-corrected chi connectivity index (χ3v) is 10.9. The highest BCUT2D eigenvalue weighted by Gasteiger charge is 2.71. The van der Waals surface area contributed by atoms with Crippen molar-refractivity contribution in [2.45, 2.75) is 57.1 Å². The zero-order chi connectivity index (χ0) is 34.3. The van der Waals surface area contributed by atoms with Gasteiger partial charge in [-0.3, -0.25) is 29.5 Å². The summed E-state index contributed by atoms with van der Waals surface area (Å²) < 4.78 is 11.6. The molecule has 4 amide bonds. The number of hydrogen-bond donors (Lipinski definition) is 2. The molecule has 10 nitrogen and oxygen atoms in total. The molecule has 0 spiro atoms. The molecular weight excluding hydrogens is 657 g/mol. The van der Waals surface area contributed by atoms with E-state index < -0.39 is 52.4 Å². The van der Waals surface area contributed by atoms with Crippen LogP contribution in [0.4, 0.5) is 5.69 Å². The van der Waals surface area contributed by atoms with Crippen LogP contribution in [0.3, 0.4) is 0 Å². The Morgan fingerprint density at radius 2 is 1.71 bits per heavy atom. The predicted molar refractivity (Wildman–Crippen MR) is 177 cm³/mol. The van der Waals surface area contributed by atoms with Gasteiger partial charge in [-0.2, -0.15) is 5.01 Å². The van der Waals surface area contributed by atoms with E-state index in [-0.39, 0.29) is 35.6 Å². The number of halogens is 2. The number of fused-ring (bicyclic) bond motifs is 4. The Labute approximate surface area is 287 Å². The summed E-state index contributed by atoms with van der Waals surface area (Å²) in [7, 11) is 1.54. The Bertz CT molecular complexity index is 1880. The summed E-state index contributed by atoms with van der Waals surface area (Å²) in [4.78, 5) is 59.1. The molecule has 0 radical (unpaired) electrons. The number of rotatable bonds is 6. The number of ether oxygens (including phenoxy) is 1. The monoisotopic (exact) mass is 691 g/mol. The number of nitrogens with zero attached hydrogens (tertiary/aromatic N) is 2. The van der Waals surface area contributed by atoms with E-state index in [9.17, 15) is 19.5 Å². The number of aliphatic hydroxyl groups excluding tert-OH is 1. The number of allylic oxidation sites excluding steroid dienone is 2. The molecule has 2 aromatic carbocycles. The number of benzene rings is 2. The number of nitrogens with one attached hydrogen (secondary N) is 1. The predicted octanol–water partition coefficient (Wildman–Crippen LogP) is 5.87. The summed E-state index contributed by atoms with van der Waals surface area (Å²) >= 11 is 12.6. The van der Waals surface area contributed by atoms with Gasteiger partial charge in [-0.15, -0.1) is 0 Å². The Hall–Kier alpha value is -4.12. The Morgan fingerprint density at radius 3 is 2.33 bits per heavy atom. The first kappa shape index (κ1) is 32.4. The van der Waals surface area contributed by atoms with Crippen molar-refractivity contribution in [3.63, 3.8) is 0 Å². The molecule has 48 heavy (non-hydrogen) atoms. The molecule has 6 atom stereocenters. The number of amides is 4. The lowest BCUT2D eigenvalue weighted by atomic mass is 9.49. The van der Waals surface area contributed by atoms with Gasteiger partial charge in [-0.1, -0.05) is 47.0 Å². The molecular formula is C36H35Cl2N3O7. The number of carbonyl (C=O) groups is 4. The van der Waals surface area contributed by atoms with Crippen molar-refractivity contribution in [3.05, 3.63) is 93.4 Å². The van der Waals surface area contributed by atoms with Crippen molar-refractivity contribution in [2.24, 2.45) is 23.7 Å². The first-order chi connectivity index (χ1) is 22.8. The Balaban J connectivity index is 1.45. The smallest absolute Gasteiger partial charge is 0.260 e. The van der Waals surface area contributed by atoms with Crippen LogP contribution in [-0.2, 0) is 31.2 Å². The number of methoxy groups -OCH3 is 1. The van der Waals surface area contributed by atoms with Crippen molar-refractivity contribution in [3.8, 4) is 5.75 Å². The van der Waals surface area contributed by atoms with Crippen LogP contribution in [0.15, 0.2) is 70.7 Å². The molecule has 3 heterocycles. The van der Waals surface area contributed by atoms with E-state index >= 15 is 4.79 Å². The van der Waals surface area contributed by atoms with Gasteiger partial charge in [0.25, 0.3) is 11.8 Å². The molecule has 12 heteroatoms. The van der Waals surface area contributed by atoms with E-state index in [2.05, 4.69) is 5.43 Å². The Kier molecular flexibility index (Phi) is 7.77. The lowest BCUT2D eigenvalue weighted by Crippen LogP contribution is -2.53. The van der Waals surface area contributed by atoms with Crippen LogP contribution >= 0.6 is 23.2 Å². The van der Waals surface area contributed by atoms with Crippen LogP contribution < -0.4 is 10.2 Å². The molecule has 250 valence electrons. The summed E-state index contributed by atoms with van der Waals surface area (Å²) in [5, 5.41) is 11.6. The maximum Gasteiger partial charge on any atom is 0.260 e. The van der Waals surface area contributed by atoms with Gasteiger partial charge in [-0.25, -0.2) is 0 Å². The van der Waals surface area contributed by atoms with Gasteiger partial charge >= 0.3 is 0 Å². The maximum atomic E-state index is 15.2. The quantitative estimate of drug-likeness (QED) is 0.243. The van der Waals surface area contributed by atoms with Gasteiger partial charge in [0, 0.05) is 10.6 Å². The van der Waals surface area contributed by atoms with Crippen LogP contribution in [0, 0.1) is 23.7 Å². The lowest BCUT2D eigenvalue weighted by molar-refractivity contribution is -0.146. The van der Waals surface area contributed by atoms with Crippen LogP contribution in [0.5, 0.6) is 5.75 Å². The number of carbonyl (C=O) groups excluding carboxylic acids is 4. The minimum atomic E-state index is -1.54. The molecule has 3 aromatic rings. The lowest BCUT2D eigenvalue weighted by Gasteiger charge is -2.49. The molecule has 1 aromatic heterocycles. The van der Waals surface area contributed by atoms with Crippen LogP contribution in [0.1, 0.15) is 56.6 Å². The topological polar surface area (TPSA) is 129 Å². The number of anilines is 1. The average Bonchev–Trinajstić information content (AvgIpc) is 3.69. The minimum Gasteiger partial charge on any atom is -0.497 e. The normalized spacial score (nSPS) is 28.3. The zero-order valence-electron chi connectivity index (χ0n) is 26.8. The van der Waals surface area contributed by atoms with Gasteiger partial charge in [-0.05, 0) is 87.6 Å². The van der Waals surface area contributed by atoms with Crippen molar-refractivity contribution < 1.29 is 33.4 Å². The molecule has 2 saturated heterocycles. The summed E-state index contributed by atoms with van der Waals surface area (Å²) in [5.41, 5.74) is 2.31. The summed E-state index contributed by atoms with van der Waals surface area (Å²) in [6, 6.07) is 15.1. The van der Waals surface area contributed by atoms with Crippen molar-refractivity contribution in [1.29, 1.82) is 0 Å². The molecule has 7 rings (SSSR count). The average molecular weight is 693 g/mol. The molecule has 2 aliphatic heterocycles. The fraction of sp³-hybridized carbons (Fsp3) is 0.389. The fourth-order valence-electron chi connectivity index (χ4n) is 8.45. The molecule has 3 fully saturated rings. The third kappa shape index (κ3) is 4.64. The van der Waals surface area contributed by atoms with Gasteiger partial charge in [0.2, 0.25) is 11.8 Å². The third-order valence-electron chi connectivity index (χ3n) is 10.4.